The van der Waals surface area contributed by atoms with E-state index in [-0.39, 0.29) is 18.2 Å². The maximum absolute atomic E-state index is 11.4. The normalized spacial score (nSPS) is 14.7. The number of hydrogen-bond acceptors (Lipinski definition) is 5. The molecule has 6 heteroatoms. The van der Waals surface area contributed by atoms with Gasteiger partial charge in [-0.3, -0.25) is 0 Å². The minimum absolute atomic E-state index is 0.0124. The first-order chi connectivity index (χ1) is 9.04. The van der Waals surface area contributed by atoms with Crippen LogP contribution in [-0.2, 0) is 0 Å². The summed E-state index contributed by atoms with van der Waals surface area (Å²) in [6, 6.07) is 0.304. The zero-order chi connectivity index (χ0) is 14.0. The fourth-order valence-electron chi connectivity index (χ4n) is 2.03. The van der Waals surface area contributed by atoms with Gasteiger partial charge in [-0.2, -0.15) is 0 Å². The third kappa shape index (κ3) is 3.01. The number of nitrogens with zero attached hydrogens (tertiary/aromatic N) is 3. The van der Waals surface area contributed by atoms with Gasteiger partial charge < -0.3 is 15.1 Å². The second-order valence-corrected chi connectivity index (χ2v) is 5.07. The minimum Gasteiger partial charge on any atom is -0.476 e. The van der Waals surface area contributed by atoms with Crippen molar-refractivity contribution in [3.63, 3.8) is 0 Å². The molecule has 1 fully saturated rings. The zero-order valence-electron chi connectivity index (χ0n) is 11.2. The molecule has 0 aromatic carbocycles. The summed E-state index contributed by atoms with van der Waals surface area (Å²) in [5.41, 5.74) is 0.535. The molecule has 2 rings (SSSR count). The first-order valence-corrected chi connectivity index (χ1v) is 6.52. The van der Waals surface area contributed by atoms with Gasteiger partial charge in [0.25, 0.3) is 0 Å². The predicted molar refractivity (Wildman–Crippen MR) is 70.5 cm³/mol. The summed E-state index contributed by atoms with van der Waals surface area (Å²) < 4.78 is 0. The number of rotatable bonds is 6. The van der Waals surface area contributed by atoms with Crippen molar-refractivity contribution >= 4 is 11.7 Å². The highest BCUT2D eigenvalue weighted by molar-refractivity contribution is 5.92. The lowest BCUT2D eigenvalue weighted by molar-refractivity contribution is 0.0690. The van der Waals surface area contributed by atoms with Crippen LogP contribution in [0.1, 0.15) is 48.9 Å². The van der Waals surface area contributed by atoms with Gasteiger partial charge in [-0.05, 0) is 12.8 Å². The van der Waals surface area contributed by atoms with Crippen molar-refractivity contribution in [3.8, 4) is 0 Å². The molecule has 0 atom stereocenters. The van der Waals surface area contributed by atoms with E-state index in [4.69, 9.17) is 5.11 Å². The Kier molecular flexibility index (Phi) is 3.99. The molecule has 6 nitrogen and oxygen atoms in total. The van der Waals surface area contributed by atoms with Gasteiger partial charge in [-0.25, -0.2) is 14.8 Å². The van der Waals surface area contributed by atoms with Gasteiger partial charge in [0.15, 0.2) is 5.69 Å². The number of carboxylic acids is 1. The Morgan fingerprint density at radius 2 is 2.21 bits per heavy atom. The number of aromatic nitrogens is 2. The Hall–Kier alpha value is -1.69. The maximum atomic E-state index is 11.4. The Morgan fingerprint density at radius 3 is 2.68 bits per heavy atom. The lowest BCUT2D eigenvalue weighted by Crippen LogP contribution is -2.31. The number of aliphatic hydroxyl groups excluding tert-OH is 1. The van der Waals surface area contributed by atoms with Gasteiger partial charge in [-0.1, -0.05) is 13.8 Å². The molecule has 1 aromatic heterocycles. The number of hydrogen-bond donors (Lipinski definition) is 2. The molecular formula is C13H19N3O3. The van der Waals surface area contributed by atoms with Gasteiger partial charge in [-0.15, -0.1) is 0 Å². The fraction of sp³-hybridized carbons (Fsp3) is 0.615. The predicted octanol–water partition coefficient (Wildman–Crippen LogP) is 1.26. The van der Waals surface area contributed by atoms with Crippen LogP contribution in [0.25, 0.3) is 0 Å². The van der Waals surface area contributed by atoms with Crippen molar-refractivity contribution < 1.29 is 15.0 Å². The van der Waals surface area contributed by atoms with Crippen molar-refractivity contribution in [3.05, 3.63) is 17.7 Å². The first-order valence-electron chi connectivity index (χ1n) is 6.52. The molecule has 1 heterocycles. The fourth-order valence-corrected chi connectivity index (χ4v) is 2.03. The van der Waals surface area contributed by atoms with E-state index in [9.17, 15) is 9.90 Å². The highest BCUT2D eigenvalue weighted by atomic mass is 16.4. The molecule has 19 heavy (non-hydrogen) atoms. The molecule has 1 aliphatic rings. The lowest BCUT2D eigenvalue weighted by atomic mass is 10.2. The van der Waals surface area contributed by atoms with E-state index >= 15 is 0 Å². The molecule has 0 unspecified atom stereocenters. The van der Waals surface area contributed by atoms with E-state index < -0.39 is 5.97 Å². The second kappa shape index (κ2) is 5.52. The quantitative estimate of drug-likeness (QED) is 0.805. The molecule has 0 spiro atoms. The van der Waals surface area contributed by atoms with Crippen LogP contribution in [0.15, 0.2) is 6.20 Å². The molecule has 0 bridgehead atoms. The van der Waals surface area contributed by atoms with E-state index in [1.165, 1.54) is 0 Å². The van der Waals surface area contributed by atoms with Crippen molar-refractivity contribution in [1.82, 2.24) is 9.97 Å². The molecular weight excluding hydrogens is 246 g/mol. The van der Waals surface area contributed by atoms with E-state index in [0.717, 1.165) is 12.8 Å². The van der Waals surface area contributed by atoms with Crippen LogP contribution >= 0.6 is 0 Å². The average Bonchev–Trinajstić information content (AvgIpc) is 3.19. The Bertz CT molecular complexity index is 472. The third-order valence-corrected chi connectivity index (χ3v) is 3.15. The van der Waals surface area contributed by atoms with E-state index in [1.54, 1.807) is 6.20 Å². The summed E-state index contributed by atoms with van der Waals surface area (Å²) in [7, 11) is 0. The SMILES string of the molecule is CC(C)c1ncc(N(CCO)C2CC2)c(C(=O)O)n1. The topological polar surface area (TPSA) is 86.5 Å². The number of aliphatic hydroxyl groups is 1. The van der Waals surface area contributed by atoms with Crippen molar-refractivity contribution in [2.24, 2.45) is 0 Å². The first kappa shape index (κ1) is 13.7. The number of carboxylic acid groups (broad SMARTS) is 1. The number of anilines is 1. The molecule has 104 valence electrons. The molecule has 0 amide bonds. The third-order valence-electron chi connectivity index (χ3n) is 3.15. The number of aromatic carboxylic acids is 1. The summed E-state index contributed by atoms with van der Waals surface area (Å²) >= 11 is 0. The van der Waals surface area contributed by atoms with E-state index in [2.05, 4.69) is 9.97 Å². The highest BCUT2D eigenvalue weighted by Crippen LogP contribution is 2.32. The smallest absolute Gasteiger partial charge is 0.356 e. The van der Waals surface area contributed by atoms with Crippen LogP contribution in [0.4, 0.5) is 5.69 Å². The second-order valence-electron chi connectivity index (χ2n) is 5.07. The van der Waals surface area contributed by atoms with Crippen molar-refractivity contribution in [2.75, 3.05) is 18.1 Å². The standard InChI is InChI=1S/C13H19N3O3/c1-8(2)12-14-7-10(11(15-12)13(18)19)16(5-6-17)9-3-4-9/h7-9,17H,3-6H2,1-2H3,(H,18,19). The van der Waals surface area contributed by atoms with Crippen LogP contribution in [0.2, 0.25) is 0 Å². The summed E-state index contributed by atoms with van der Waals surface area (Å²) in [6.45, 7) is 4.25. The molecule has 1 saturated carbocycles. The Balaban J connectivity index is 2.39. The van der Waals surface area contributed by atoms with Crippen LogP contribution in [0, 0.1) is 0 Å². The molecule has 1 aromatic rings. The van der Waals surface area contributed by atoms with Crippen LogP contribution < -0.4 is 4.90 Å². The van der Waals surface area contributed by atoms with Gasteiger partial charge in [0.2, 0.25) is 0 Å². The van der Waals surface area contributed by atoms with Crippen molar-refractivity contribution in [2.45, 2.75) is 38.6 Å². The average molecular weight is 265 g/mol. The monoisotopic (exact) mass is 265 g/mol. The maximum Gasteiger partial charge on any atom is 0.356 e. The molecule has 0 saturated heterocycles. The summed E-state index contributed by atoms with van der Waals surface area (Å²) in [6.07, 6.45) is 3.61. The van der Waals surface area contributed by atoms with Crippen LogP contribution in [0.3, 0.4) is 0 Å². The van der Waals surface area contributed by atoms with Gasteiger partial charge in [0.05, 0.1) is 18.5 Å². The minimum atomic E-state index is -1.05. The van der Waals surface area contributed by atoms with Crippen LogP contribution in [0.5, 0.6) is 0 Å². The molecule has 1 aliphatic carbocycles. The zero-order valence-corrected chi connectivity index (χ0v) is 11.2. The van der Waals surface area contributed by atoms with Crippen LogP contribution in [-0.4, -0.2) is 45.3 Å². The van der Waals surface area contributed by atoms with E-state index in [1.807, 2.05) is 18.7 Å². The lowest BCUT2D eigenvalue weighted by Gasteiger charge is -2.24. The summed E-state index contributed by atoms with van der Waals surface area (Å²) in [5.74, 6) is -0.442. The summed E-state index contributed by atoms with van der Waals surface area (Å²) in [4.78, 5) is 21.7. The Morgan fingerprint density at radius 1 is 1.53 bits per heavy atom. The largest absolute Gasteiger partial charge is 0.476 e. The van der Waals surface area contributed by atoms with E-state index in [0.29, 0.717) is 24.1 Å². The van der Waals surface area contributed by atoms with Gasteiger partial charge in [0.1, 0.15) is 5.82 Å². The molecule has 0 radical (unpaired) electrons. The molecule has 2 N–H and O–H groups in total. The molecule has 0 aliphatic heterocycles. The number of carbonyl (C=O) groups is 1. The van der Waals surface area contributed by atoms with Gasteiger partial charge in [0, 0.05) is 18.5 Å². The highest BCUT2D eigenvalue weighted by Gasteiger charge is 2.32. The Labute approximate surface area is 112 Å². The summed E-state index contributed by atoms with van der Waals surface area (Å²) in [5, 5.41) is 18.4. The van der Waals surface area contributed by atoms with Crippen molar-refractivity contribution in [1.29, 1.82) is 0 Å². The van der Waals surface area contributed by atoms with Gasteiger partial charge >= 0.3 is 5.97 Å².